The van der Waals surface area contributed by atoms with Gasteiger partial charge in [-0.25, -0.2) is 4.79 Å². The second-order valence-corrected chi connectivity index (χ2v) is 8.78. The molecule has 142 valence electrons. The van der Waals surface area contributed by atoms with Crippen LogP contribution < -0.4 is 11.4 Å². The lowest BCUT2D eigenvalue weighted by Crippen LogP contribution is -2.49. The lowest BCUT2D eigenvalue weighted by Gasteiger charge is -2.32. The van der Waals surface area contributed by atoms with Crippen molar-refractivity contribution in [3.8, 4) is 0 Å². The fourth-order valence-corrected chi connectivity index (χ4v) is 3.91. The summed E-state index contributed by atoms with van der Waals surface area (Å²) in [5.41, 5.74) is 4.03. The van der Waals surface area contributed by atoms with E-state index in [2.05, 4.69) is 4.98 Å². The molecule has 2 rings (SSSR count). The molecule has 0 radical (unpaired) electrons. The Hall–Kier alpha value is -1.18. The van der Waals surface area contributed by atoms with Gasteiger partial charge >= 0.3 is 20.9 Å². The van der Waals surface area contributed by atoms with Gasteiger partial charge in [-0.2, -0.15) is 4.98 Å². The summed E-state index contributed by atoms with van der Waals surface area (Å²) in [7, 11) is -11.0. The normalized spacial score (nSPS) is 31.9. The minimum absolute atomic E-state index is 0.272. The minimum Gasteiger partial charge on any atom is -0.386 e. The van der Waals surface area contributed by atoms with Crippen molar-refractivity contribution >= 4 is 21.0 Å². The first-order chi connectivity index (χ1) is 11.2. The fraction of sp³-hybridized carbons (Fsp3) is 0.556. The van der Waals surface area contributed by atoms with Crippen molar-refractivity contribution in [3.05, 3.63) is 22.7 Å². The summed E-state index contributed by atoms with van der Waals surface area (Å²) in [6.07, 6.45) is -6.48. The third-order valence-electron chi connectivity index (χ3n) is 3.61. The lowest BCUT2D eigenvalue weighted by molar-refractivity contribution is -0.0804. The first-order valence-electron chi connectivity index (χ1n) is 6.40. The summed E-state index contributed by atoms with van der Waals surface area (Å²) in [5, 5.41) is 26.5. The molecule has 0 amide bonds. The van der Waals surface area contributed by atoms with Gasteiger partial charge in [0.1, 0.15) is 18.0 Å². The summed E-state index contributed by atoms with van der Waals surface area (Å²) in [6, 6.07) is 1.00. The molecule has 9 N–H and O–H groups in total. The summed E-state index contributed by atoms with van der Waals surface area (Å²) >= 11 is 0. The third-order valence-corrected chi connectivity index (χ3v) is 6.01. The van der Waals surface area contributed by atoms with Gasteiger partial charge in [0.25, 0.3) is 0 Å². The number of aliphatic hydroxyl groups excluding tert-OH is 2. The van der Waals surface area contributed by atoms with E-state index in [1.807, 2.05) is 0 Å². The van der Waals surface area contributed by atoms with Crippen LogP contribution in [-0.4, -0.2) is 67.8 Å². The second kappa shape index (κ2) is 6.21. The maximum Gasteiger partial charge on any atom is 0.364 e. The Balaban J connectivity index is 2.63. The topological polar surface area (TPSA) is 246 Å². The van der Waals surface area contributed by atoms with Crippen LogP contribution in [0.5, 0.6) is 0 Å². The van der Waals surface area contributed by atoms with E-state index in [4.69, 9.17) is 20.3 Å². The van der Waals surface area contributed by atoms with Crippen LogP contribution in [0, 0.1) is 0 Å². The molecular weight excluding hydrogens is 388 g/mol. The number of ether oxygens (including phenoxy) is 1. The molecule has 2 heterocycles. The number of hydrogen-bond donors (Lipinski definition) is 8. The van der Waals surface area contributed by atoms with Crippen LogP contribution >= 0.6 is 15.2 Å². The number of aliphatic hydroxyl groups is 3. The molecule has 1 aromatic rings. The van der Waals surface area contributed by atoms with E-state index in [-0.39, 0.29) is 5.82 Å². The molecule has 0 aromatic carbocycles. The summed E-state index contributed by atoms with van der Waals surface area (Å²) < 4.78 is 28.1. The van der Waals surface area contributed by atoms with Crippen molar-refractivity contribution in [1.29, 1.82) is 0 Å². The molecule has 1 aromatic heterocycles. The zero-order chi connectivity index (χ0) is 19.4. The zero-order valence-corrected chi connectivity index (χ0v) is 13.9. The van der Waals surface area contributed by atoms with E-state index in [1.165, 1.54) is 0 Å². The highest BCUT2D eigenvalue weighted by Crippen LogP contribution is 2.62. The first-order valence-corrected chi connectivity index (χ1v) is 9.70. The molecule has 1 unspecified atom stereocenters. The number of anilines is 1. The van der Waals surface area contributed by atoms with Gasteiger partial charge in [-0.3, -0.25) is 13.7 Å². The van der Waals surface area contributed by atoms with Gasteiger partial charge in [0.15, 0.2) is 12.1 Å². The highest BCUT2D eigenvalue weighted by molar-refractivity contribution is 7.53. The standard InChI is InChI=1S/C9H15N3O11P2/c10-3-1-2-12(8(15)11-3)7-9(16,25(20,21)22)5(13)4(23-7)6(14)24(17,18)19/h1-2,4-7,13-14,16H,(H2,10,11,15)(H2,17,18,19)(H2,20,21,22)/t4-,5+,6?,7+,9-/m0/s1. The summed E-state index contributed by atoms with van der Waals surface area (Å²) in [5.74, 6) is -3.01. The fourth-order valence-electron chi connectivity index (χ4n) is 2.33. The molecule has 1 aliphatic rings. The Kier molecular flexibility index (Phi) is 5.00. The third kappa shape index (κ3) is 3.29. The Morgan fingerprint density at radius 1 is 1.32 bits per heavy atom. The van der Waals surface area contributed by atoms with E-state index >= 15 is 0 Å². The molecule has 14 nitrogen and oxygen atoms in total. The van der Waals surface area contributed by atoms with E-state index < -0.39 is 50.5 Å². The van der Waals surface area contributed by atoms with E-state index in [1.54, 1.807) is 0 Å². The van der Waals surface area contributed by atoms with Crippen molar-refractivity contribution in [2.45, 2.75) is 29.6 Å². The molecule has 0 aliphatic carbocycles. The average molecular weight is 403 g/mol. The van der Waals surface area contributed by atoms with Gasteiger partial charge in [0.2, 0.25) is 5.34 Å². The number of nitrogens with two attached hydrogens (primary N) is 1. The highest BCUT2D eigenvalue weighted by atomic mass is 31.2. The first kappa shape index (κ1) is 20.1. The van der Waals surface area contributed by atoms with E-state index in [9.17, 15) is 39.0 Å². The maximum atomic E-state index is 11.9. The van der Waals surface area contributed by atoms with Crippen molar-refractivity contribution in [1.82, 2.24) is 9.55 Å². The van der Waals surface area contributed by atoms with Crippen LogP contribution in [0.3, 0.4) is 0 Å². The van der Waals surface area contributed by atoms with Crippen molar-refractivity contribution in [3.63, 3.8) is 0 Å². The van der Waals surface area contributed by atoms with Crippen LogP contribution in [-0.2, 0) is 13.9 Å². The summed E-state index contributed by atoms with van der Waals surface area (Å²) in [6.45, 7) is 0. The van der Waals surface area contributed by atoms with Gasteiger partial charge in [-0.1, -0.05) is 0 Å². The Bertz CT molecular complexity index is 817. The molecule has 0 spiro atoms. The number of aromatic nitrogens is 2. The van der Waals surface area contributed by atoms with Gasteiger partial charge in [-0.05, 0) is 6.07 Å². The van der Waals surface area contributed by atoms with Gasteiger partial charge < -0.3 is 45.4 Å². The van der Waals surface area contributed by atoms with Crippen molar-refractivity contribution in [2.75, 3.05) is 5.73 Å². The van der Waals surface area contributed by atoms with E-state index in [0.29, 0.717) is 4.57 Å². The Labute approximate surface area is 138 Å². The zero-order valence-electron chi connectivity index (χ0n) is 12.1. The SMILES string of the molecule is Nc1ccn([C@@H]2O[C@H](C(O)P(=O)(O)O)[C@@H](O)[C@]2(O)P(=O)(O)O)c(=O)n1. The van der Waals surface area contributed by atoms with Crippen LogP contribution in [0.15, 0.2) is 17.1 Å². The monoisotopic (exact) mass is 403 g/mol. The van der Waals surface area contributed by atoms with Gasteiger partial charge in [0, 0.05) is 6.20 Å². The molecule has 0 saturated carbocycles. The largest absolute Gasteiger partial charge is 0.386 e. The molecule has 25 heavy (non-hydrogen) atoms. The highest BCUT2D eigenvalue weighted by Gasteiger charge is 2.69. The maximum absolute atomic E-state index is 11.9. The quantitative estimate of drug-likeness (QED) is 0.227. The number of nitrogens with zero attached hydrogens (tertiary/aromatic N) is 2. The van der Waals surface area contributed by atoms with Crippen LogP contribution in [0.4, 0.5) is 5.82 Å². The van der Waals surface area contributed by atoms with Crippen LogP contribution in [0.2, 0.25) is 0 Å². The molecule has 1 saturated heterocycles. The van der Waals surface area contributed by atoms with Crippen LogP contribution in [0.25, 0.3) is 0 Å². The smallest absolute Gasteiger partial charge is 0.364 e. The Morgan fingerprint density at radius 3 is 2.32 bits per heavy atom. The molecule has 0 bridgehead atoms. The van der Waals surface area contributed by atoms with Crippen molar-refractivity contribution in [2.24, 2.45) is 0 Å². The molecular formula is C9H15N3O11P2. The molecule has 1 fully saturated rings. The predicted molar refractivity (Wildman–Crippen MR) is 77.9 cm³/mol. The molecule has 5 atom stereocenters. The predicted octanol–water partition coefficient (Wildman–Crippen LogP) is -3.55. The van der Waals surface area contributed by atoms with Gasteiger partial charge in [-0.15, -0.1) is 0 Å². The van der Waals surface area contributed by atoms with Gasteiger partial charge in [0.05, 0.1) is 0 Å². The second-order valence-electron chi connectivity index (χ2n) is 5.27. The van der Waals surface area contributed by atoms with Crippen molar-refractivity contribution < 1.29 is 48.8 Å². The average Bonchev–Trinajstić information content (AvgIpc) is 2.71. The number of nitrogen functional groups attached to an aromatic ring is 1. The van der Waals surface area contributed by atoms with E-state index in [0.717, 1.165) is 12.3 Å². The summed E-state index contributed by atoms with van der Waals surface area (Å²) in [4.78, 5) is 51.9. The number of hydrogen-bond acceptors (Lipinski definition) is 9. The molecule has 16 heteroatoms. The lowest BCUT2D eigenvalue weighted by atomic mass is 10.1. The Morgan fingerprint density at radius 2 is 1.88 bits per heavy atom. The minimum atomic E-state index is -5.67. The number of rotatable bonds is 4. The molecule has 1 aliphatic heterocycles. The van der Waals surface area contributed by atoms with Crippen LogP contribution in [0.1, 0.15) is 6.23 Å².